The summed E-state index contributed by atoms with van der Waals surface area (Å²) in [5.41, 5.74) is 0.812. The second-order valence-electron chi connectivity index (χ2n) is 5.33. The summed E-state index contributed by atoms with van der Waals surface area (Å²) in [6, 6.07) is 7.17. The van der Waals surface area contributed by atoms with Gasteiger partial charge in [-0.1, -0.05) is 41.7 Å². The smallest absolute Gasteiger partial charge is 0.254 e. The molecule has 21 heavy (non-hydrogen) atoms. The van der Waals surface area contributed by atoms with E-state index in [1.165, 1.54) is 0 Å². The van der Waals surface area contributed by atoms with Gasteiger partial charge in [-0.2, -0.15) is 4.74 Å². The monoisotopic (exact) mass is 340 g/mol. The third-order valence-corrected chi connectivity index (χ3v) is 5.10. The van der Waals surface area contributed by atoms with Crippen LogP contribution in [-0.4, -0.2) is 37.6 Å². The van der Waals surface area contributed by atoms with Gasteiger partial charge in [-0.3, -0.25) is 4.90 Å². The van der Waals surface area contributed by atoms with E-state index in [1.807, 2.05) is 30.9 Å². The Bertz CT molecular complexity index is 584. The molecule has 1 heterocycles. The van der Waals surface area contributed by atoms with Crippen LogP contribution >= 0.6 is 35.6 Å². The highest BCUT2D eigenvalue weighted by molar-refractivity contribution is 8.24. The van der Waals surface area contributed by atoms with E-state index in [-0.39, 0.29) is 10.9 Å². The van der Waals surface area contributed by atoms with E-state index in [0.717, 1.165) is 14.6 Å². The lowest BCUT2D eigenvalue weighted by atomic mass is 10.1. The van der Waals surface area contributed by atoms with Crippen LogP contribution in [0, 0.1) is 5.21 Å². The van der Waals surface area contributed by atoms with Crippen LogP contribution in [0.15, 0.2) is 36.9 Å². The highest BCUT2D eigenvalue weighted by atomic mass is 35.5. The van der Waals surface area contributed by atoms with Crippen LogP contribution in [-0.2, 0) is 0 Å². The molecule has 0 amide bonds. The van der Waals surface area contributed by atoms with Crippen molar-refractivity contribution in [3.8, 4) is 0 Å². The van der Waals surface area contributed by atoms with Crippen molar-refractivity contribution in [2.75, 3.05) is 6.54 Å². The first-order valence-electron chi connectivity index (χ1n) is 6.51. The van der Waals surface area contributed by atoms with Crippen molar-refractivity contribution < 1.29 is 4.74 Å². The quantitative estimate of drug-likeness (QED) is 0.208. The molecule has 1 aromatic carbocycles. The first-order chi connectivity index (χ1) is 9.85. The number of rotatable bonds is 4. The van der Waals surface area contributed by atoms with Gasteiger partial charge in [0.25, 0.3) is 6.17 Å². The van der Waals surface area contributed by atoms with Crippen molar-refractivity contribution >= 4 is 46.1 Å². The minimum absolute atomic E-state index is 0.287. The number of hydrogen-bond acceptors (Lipinski definition) is 3. The van der Waals surface area contributed by atoms with Crippen LogP contribution in [0.5, 0.6) is 0 Å². The second kappa shape index (κ2) is 6.38. The van der Waals surface area contributed by atoms with E-state index in [1.54, 1.807) is 36.2 Å². The van der Waals surface area contributed by atoms with E-state index < -0.39 is 0 Å². The van der Waals surface area contributed by atoms with Crippen molar-refractivity contribution in [1.82, 2.24) is 4.90 Å². The fraction of sp³-hybridized carbons (Fsp3) is 0.333. The van der Waals surface area contributed by atoms with Gasteiger partial charge >= 0.3 is 0 Å². The molecule has 1 fully saturated rings. The molecule has 2 rings (SSSR count). The Morgan fingerprint density at radius 1 is 1.48 bits per heavy atom. The molecular weight excluding hydrogens is 324 g/mol. The molecule has 0 bridgehead atoms. The molecule has 1 atom stereocenters. The number of thiocarbonyl (C=S) groups is 1. The zero-order valence-electron chi connectivity index (χ0n) is 12.0. The first kappa shape index (κ1) is 16.3. The summed E-state index contributed by atoms with van der Waals surface area (Å²) in [6.45, 7) is 8.35. The van der Waals surface area contributed by atoms with Crippen LogP contribution in [0.2, 0.25) is 5.02 Å². The molecule has 1 aromatic rings. The summed E-state index contributed by atoms with van der Waals surface area (Å²) in [7, 11) is 0. The maximum atomic E-state index is 12.6. The Labute approximate surface area is 139 Å². The van der Waals surface area contributed by atoms with Gasteiger partial charge in [0.2, 0.25) is 0 Å². The van der Waals surface area contributed by atoms with E-state index in [2.05, 4.69) is 6.58 Å². The van der Waals surface area contributed by atoms with Crippen molar-refractivity contribution in [2.24, 2.45) is 0 Å². The fourth-order valence-corrected chi connectivity index (χ4v) is 4.36. The summed E-state index contributed by atoms with van der Waals surface area (Å²) in [4.78, 5) is 1.91. The van der Waals surface area contributed by atoms with Gasteiger partial charge in [0.1, 0.15) is 9.07 Å². The van der Waals surface area contributed by atoms with Crippen molar-refractivity contribution in [1.29, 1.82) is 0 Å². The Morgan fingerprint density at radius 2 is 2.10 bits per heavy atom. The predicted octanol–water partition coefficient (Wildman–Crippen LogP) is 3.89. The average molecular weight is 341 g/mol. The predicted molar refractivity (Wildman–Crippen MR) is 95.2 cm³/mol. The average Bonchev–Trinajstić information content (AvgIpc) is 2.62. The Balaban J connectivity index is 2.33. The van der Waals surface area contributed by atoms with Gasteiger partial charge < -0.3 is 5.21 Å². The molecular formula is C15H17ClN2OS2. The third kappa shape index (κ3) is 3.59. The zero-order valence-corrected chi connectivity index (χ0v) is 14.3. The standard InChI is InChI=1S/C15H17ClN2OS2/c1-4-9-17-13(15(2,3)21-14(17)20)18(19)10-11-5-7-12(16)8-6-11/h4-8,10,13H,1,9H2,2-3H3/t13-/m1/s1. The topological polar surface area (TPSA) is 29.3 Å². The van der Waals surface area contributed by atoms with Crippen LogP contribution < -0.4 is 0 Å². The number of nitrogens with zero attached hydrogens (tertiary/aromatic N) is 2. The largest absolute Gasteiger partial charge is 0.622 e. The molecule has 0 radical (unpaired) electrons. The Morgan fingerprint density at radius 3 is 2.67 bits per heavy atom. The van der Waals surface area contributed by atoms with Gasteiger partial charge in [0, 0.05) is 17.1 Å². The molecule has 0 unspecified atom stereocenters. The summed E-state index contributed by atoms with van der Waals surface area (Å²) in [5, 5.41) is 13.3. The summed E-state index contributed by atoms with van der Waals surface area (Å²) in [6.07, 6.45) is 2.98. The molecule has 0 N–H and O–H groups in total. The maximum Gasteiger partial charge on any atom is 0.254 e. The molecule has 3 nitrogen and oxygen atoms in total. The van der Waals surface area contributed by atoms with Crippen molar-refractivity contribution in [3.05, 3.63) is 52.7 Å². The number of hydroxylamine groups is 1. The third-order valence-electron chi connectivity index (χ3n) is 3.22. The van der Waals surface area contributed by atoms with Crippen LogP contribution in [0.3, 0.4) is 0 Å². The Kier molecular flexibility index (Phi) is 4.96. The fourth-order valence-electron chi connectivity index (χ4n) is 2.34. The highest BCUT2D eigenvalue weighted by Gasteiger charge is 2.49. The molecule has 1 aliphatic rings. The number of hydrogen-bond donors (Lipinski definition) is 0. The second-order valence-corrected chi connectivity index (χ2v) is 8.05. The van der Waals surface area contributed by atoms with Gasteiger partial charge in [-0.25, -0.2) is 0 Å². The van der Waals surface area contributed by atoms with E-state index in [9.17, 15) is 5.21 Å². The Hall–Kier alpha value is -1.04. The highest BCUT2D eigenvalue weighted by Crippen LogP contribution is 2.41. The molecule has 0 aliphatic carbocycles. The van der Waals surface area contributed by atoms with Gasteiger partial charge in [0.15, 0.2) is 6.21 Å². The van der Waals surface area contributed by atoms with Crippen LogP contribution in [0.1, 0.15) is 19.4 Å². The molecule has 0 spiro atoms. The molecule has 6 heteroatoms. The number of thioether (sulfide) groups is 1. The summed E-state index contributed by atoms with van der Waals surface area (Å²) < 4.78 is 1.42. The van der Waals surface area contributed by atoms with E-state index >= 15 is 0 Å². The lowest BCUT2D eigenvalue weighted by molar-refractivity contribution is -0.523. The van der Waals surface area contributed by atoms with Crippen LogP contribution in [0.25, 0.3) is 0 Å². The van der Waals surface area contributed by atoms with Crippen LogP contribution in [0.4, 0.5) is 0 Å². The van der Waals surface area contributed by atoms with Crippen molar-refractivity contribution in [2.45, 2.75) is 24.8 Å². The van der Waals surface area contributed by atoms with E-state index in [0.29, 0.717) is 11.6 Å². The molecule has 1 saturated heterocycles. The normalized spacial score (nSPS) is 21.7. The van der Waals surface area contributed by atoms with Crippen molar-refractivity contribution in [3.63, 3.8) is 0 Å². The maximum absolute atomic E-state index is 12.6. The lowest BCUT2D eigenvalue weighted by Gasteiger charge is -2.29. The lowest BCUT2D eigenvalue weighted by Crippen LogP contribution is -2.47. The van der Waals surface area contributed by atoms with Gasteiger partial charge in [-0.15, -0.1) is 6.58 Å². The molecule has 1 aliphatic heterocycles. The van der Waals surface area contributed by atoms with E-state index in [4.69, 9.17) is 23.8 Å². The molecule has 0 saturated carbocycles. The number of benzene rings is 1. The molecule has 0 aromatic heterocycles. The molecule has 112 valence electrons. The van der Waals surface area contributed by atoms with Gasteiger partial charge in [-0.05, 0) is 38.1 Å². The minimum Gasteiger partial charge on any atom is -0.622 e. The summed E-state index contributed by atoms with van der Waals surface area (Å²) in [5.74, 6) is 0. The summed E-state index contributed by atoms with van der Waals surface area (Å²) >= 11 is 12.8. The van der Waals surface area contributed by atoms with Gasteiger partial charge in [0.05, 0.1) is 0 Å². The first-order valence-corrected chi connectivity index (χ1v) is 8.12. The SMILES string of the molecule is C=CCN1C(=S)SC(C)(C)[C@H]1[N+]([O-])=Cc1ccc(Cl)cc1. The minimum atomic E-state index is -0.358. The zero-order chi connectivity index (χ0) is 15.6. The number of halogens is 1.